The number of halogens is 1. The Morgan fingerprint density at radius 1 is 0.893 bits per heavy atom. The van der Waals surface area contributed by atoms with E-state index in [1.54, 1.807) is 61.5 Å². The van der Waals surface area contributed by atoms with Crippen molar-refractivity contribution >= 4 is 35.1 Å². The Bertz CT molecular complexity index is 794. The molecule has 0 aliphatic rings. The number of anilines is 1. The summed E-state index contributed by atoms with van der Waals surface area (Å²) in [5.41, 5.74) is 0.494. The summed E-state index contributed by atoms with van der Waals surface area (Å²) in [5, 5.41) is 0.545. The molecule has 148 valence electrons. The minimum Gasteiger partial charge on any atom is -0.482 e. The predicted molar refractivity (Wildman–Crippen MR) is 103 cm³/mol. The van der Waals surface area contributed by atoms with Gasteiger partial charge in [0.2, 0.25) is 0 Å². The molecule has 0 aliphatic carbocycles. The largest absolute Gasteiger partial charge is 0.482 e. The highest BCUT2D eigenvalue weighted by atomic mass is 35.5. The van der Waals surface area contributed by atoms with Crippen LogP contribution in [0, 0.1) is 0 Å². The van der Waals surface area contributed by atoms with Gasteiger partial charge in [-0.05, 0) is 43.3 Å². The summed E-state index contributed by atoms with van der Waals surface area (Å²) in [6.07, 6.45) is 0. The molecule has 1 amide bonds. The van der Waals surface area contributed by atoms with Crippen molar-refractivity contribution in [1.29, 1.82) is 0 Å². The van der Waals surface area contributed by atoms with Crippen molar-refractivity contribution in [1.82, 2.24) is 0 Å². The highest BCUT2D eigenvalue weighted by Crippen LogP contribution is 2.16. The van der Waals surface area contributed by atoms with Crippen molar-refractivity contribution in [2.24, 2.45) is 0 Å². The van der Waals surface area contributed by atoms with Crippen LogP contribution in [0.3, 0.4) is 0 Å². The van der Waals surface area contributed by atoms with Crippen molar-refractivity contribution in [2.75, 3.05) is 31.3 Å². The number of para-hydroxylation sites is 1. The van der Waals surface area contributed by atoms with E-state index in [2.05, 4.69) is 0 Å². The summed E-state index contributed by atoms with van der Waals surface area (Å²) < 4.78 is 15.1. The number of carbonyl (C=O) groups is 3. The van der Waals surface area contributed by atoms with E-state index < -0.39 is 24.5 Å². The molecular weight excluding hydrogens is 386 g/mol. The Morgan fingerprint density at radius 3 is 2.21 bits per heavy atom. The quantitative estimate of drug-likeness (QED) is 0.596. The van der Waals surface area contributed by atoms with Crippen LogP contribution >= 0.6 is 11.6 Å². The van der Waals surface area contributed by atoms with Gasteiger partial charge in [-0.1, -0.05) is 29.8 Å². The molecule has 0 aliphatic heterocycles. The van der Waals surface area contributed by atoms with E-state index in [1.165, 1.54) is 4.90 Å². The van der Waals surface area contributed by atoms with Crippen molar-refractivity contribution < 1.29 is 28.6 Å². The third-order valence-electron chi connectivity index (χ3n) is 3.49. The number of carbonyl (C=O) groups excluding carboxylic acids is 3. The highest BCUT2D eigenvalue weighted by Gasteiger charge is 2.21. The number of rotatable bonds is 9. The molecule has 2 rings (SSSR count). The van der Waals surface area contributed by atoms with Crippen LogP contribution in [0.1, 0.15) is 6.92 Å². The Morgan fingerprint density at radius 2 is 1.57 bits per heavy atom. The molecule has 2 aromatic carbocycles. The molecule has 0 saturated heterocycles. The Hall–Kier alpha value is -3.06. The maximum atomic E-state index is 12.5. The van der Waals surface area contributed by atoms with Crippen molar-refractivity contribution in [3.63, 3.8) is 0 Å². The van der Waals surface area contributed by atoms with Gasteiger partial charge in [0.05, 0.1) is 6.61 Å². The number of esters is 2. The SMILES string of the molecule is CCOC(=O)CN(C(=O)COC(=O)COc1ccc(Cl)cc1)c1ccccc1. The minimum absolute atomic E-state index is 0.201. The van der Waals surface area contributed by atoms with E-state index in [0.717, 1.165) is 0 Å². The van der Waals surface area contributed by atoms with Gasteiger partial charge < -0.3 is 14.2 Å². The number of nitrogens with zero attached hydrogens (tertiary/aromatic N) is 1. The van der Waals surface area contributed by atoms with Crippen LogP contribution in [0.5, 0.6) is 5.75 Å². The van der Waals surface area contributed by atoms with Crippen molar-refractivity contribution in [3.8, 4) is 5.75 Å². The lowest BCUT2D eigenvalue weighted by Crippen LogP contribution is -2.39. The first-order valence-corrected chi connectivity index (χ1v) is 8.92. The van der Waals surface area contributed by atoms with Gasteiger partial charge in [-0.2, -0.15) is 0 Å². The van der Waals surface area contributed by atoms with E-state index in [9.17, 15) is 14.4 Å². The molecule has 8 heteroatoms. The minimum atomic E-state index is -0.715. The lowest BCUT2D eigenvalue weighted by atomic mass is 10.3. The zero-order valence-electron chi connectivity index (χ0n) is 15.3. The molecular formula is C20H20ClNO6. The number of ether oxygens (including phenoxy) is 3. The van der Waals surface area contributed by atoms with E-state index in [1.807, 2.05) is 0 Å². The average Bonchev–Trinajstić information content (AvgIpc) is 2.70. The molecule has 0 heterocycles. The van der Waals surface area contributed by atoms with Gasteiger partial charge in [-0.15, -0.1) is 0 Å². The second-order valence-electron chi connectivity index (χ2n) is 5.52. The first kappa shape index (κ1) is 21.2. The van der Waals surface area contributed by atoms with Crippen LogP contribution < -0.4 is 9.64 Å². The molecule has 0 unspecified atom stereocenters. The first-order valence-electron chi connectivity index (χ1n) is 8.54. The summed E-state index contributed by atoms with van der Waals surface area (Å²) >= 11 is 5.77. The number of benzene rings is 2. The maximum Gasteiger partial charge on any atom is 0.344 e. The zero-order chi connectivity index (χ0) is 20.4. The third-order valence-corrected chi connectivity index (χ3v) is 3.74. The highest BCUT2D eigenvalue weighted by molar-refractivity contribution is 6.30. The van der Waals surface area contributed by atoms with Crippen LogP contribution in [0.2, 0.25) is 5.02 Å². The molecule has 0 spiro atoms. The average molecular weight is 406 g/mol. The smallest absolute Gasteiger partial charge is 0.344 e. The maximum absolute atomic E-state index is 12.5. The molecule has 0 N–H and O–H groups in total. The van der Waals surface area contributed by atoms with E-state index in [4.69, 9.17) is 25.8 Å². The van der Waals surface area contributed by atoms with Crippen molar-refractivity contribution in [3.05, 3.63) is 59.6 Å². The lowest BCUT2D eigenvalue weighted by Gasteiger charge is -2.21. The van der Waals surface area contributed by atoms with Crippen LogP contribution in [0.4, 0.5) is 5.69 Å². The fourth-order valence-corrected chi connectivity index (χ4v) is 2.33. The standard InChI is InChI=1S/C20H20ClNO6/c1-2-26-19(24)12-22(16-6-4-3-5-7-16)18(23)13-28-20(25)14-27-17-10-8-15(21)9-11-17/h3-11H,2,12-14H2,1H3. The van der Waals surface area contributed by atoms with Crippen LogP contribution in [-0.2, 0) is 23.9 Å². The fraction of sp³-hybridized carbons (Fsp3) is 0.250. The summed E-state index contributed by atoms with van der Waals surface area (Å²) in [7, 11) is 0. The zero-order valence-corrected chi connectivity index (χ0v) is 16.1. The van der Waals surface area contributed by atoms with Gasteiger partial charge in [0.25, 0.3) is 5.91 Å². The Kier molecular flexibility index (Phi) is 8.30. The summed E-state index contributed by atoms with van der Waals surface area (Å²) in [5.74, 6) is -1.38. The van der Waals surface area contributed by atoms with Crippen LogP contribution in [-0.4, -0.2) is 44.2 Å². The molecule has 0 aromatic heterocycles. The van der Waals surface area contributed by atoms with E-state index in [-0.39, 0.29) is 19.8 Å². The van der Waals surface area contributed by atoms with E-state index >= 15 is 0 Å². The third kappa shape index (κ3) is 6.92. The Labute approximate surface area is 167 Å². The second kappa shape index (κ2) is 10.9. The predicted octanol–water partition coefficient (Wildman–Crippen LogP) is 2.86. The normalized spacial score (nSPS) is 10.1. The van der Waals surface area contributed by atoms with Crippen LogP contribution in [0.25, 0.3) is 0 Å². The molecule has 2 aromatic rings. The molecule has 0 saturated carbocycles. The fourth-order valence-electron chi connectivity index (χ4n) is 2.20. The number of hydrogen-bond acceptors (Lipinski definition) is 6. The first-order chi connectivity index (χ1) is 13.5. The van der Waals surface area contributed by atoms with Gasteiger partial charge in [-0.3, -0.25) is 14.5 Å². The van der Waals surface area contributed by atoms with Gasteiger partial charge >= 0.3 is 11.9 Å². The monoisotopic (exact) mass is 405 g/mol. The topological polar surface area (TPSA) is 82.1 Å². The van der Waals surface area contributed by atoms with Gasteiger partial charge in [-0.25, -0.2) is 4.79 Å². The summed E-state index contributed by atoms with van der Waals surface area (Å²) in [6.45, 7) is 0.701. The number of amides is 1. The number of hydrogen-bond donors (Lipinski definition) is 0. The summed E-state index contributed by atoms with van der Waals surface area (Å²) in [4.78, 5) is 37.3. The molecule has 0 fully saturated rings. The summed E-state index contributed by atoms with van der Waals surface area (Å²) in [6, 6.07) is 15.0. The second-order valence-corrected chi connectivity index (χ2v) is 5.96. The van der Waals surface area contributed by atoms with Crippen molar-refractivity contribution in [2.45, 2.75) is 6.92 Å². The molecule has 0 radical (unpaired) electrons. The van der Waals surface area contributed by atoms with E-state index in [0.29, 0.717) is 16.5 Å². The van der Waals surface area contributed by atoms with Crippen LogP contribution in [0.15, 0.2) is 54.6 Å². The lowest BCUT2D eigenvalue weighted by molar-refractivity contribution is -0.150. The molecule has 0 atom stereocenters. The van der Waals surface area contributed by atoms with Gasteiger partial charge in [0.15, 0.2) is 13.2 Å². The molecule has 0 bridgehead atoms. The molecule has 28 heavy (non-hydrogen) atoms. The van der Waals surface area contributed by atoms with Gasteiger partial charge in [0, 0.05) is 10.7 Å². The molecule has 7 nitrogen and oxygen atoms in total. The Balaban J connectivity index is 1.90. The van der Waals surface area contributed by atoms with Gasteiger partial charge in [0.1, 0.15) is 12.3 Å².